The molecule has 1 fully saturated rings. The molecule has 1 N–H and O–H groups in total. The predicted molar refractivity (Wildman–Crippen MR) is 74.2 cm³/mol. The third-order valence-corrected chi connectivity index (χ3v) is 5.52. The highest BCUT2D eigenvalue weighted by atomic mass is 32.2. The molecule has 0 spiro atoms. The quantitative estimate of drug-likeness (QED) is 0.870. The van der Waals surface area contributed by atoms with Crippen LogP contribution in [0.3, 0.4) is 0 Å². The zero-order chi connectivity index (χ0) is 13.9. The van der Waals surface area contributed by atoms with E-state index in [-0.39, 0.29) is 11.8 Å². The van der Waals surface area contributed by atoms with Crippen LogP contribution in [0.2, 0.25) is 0 Å². The molecule has 1 saturated heterocycles. The molecule has 1 aromatic rings. The second-order valence-corrected chi connectivity index (χ2v) is 7.09. The Hall–Kier alpha value is -0.920. The van der Waals surface area contributed by atoms with Crippen molar-refractivity contribution in [2.75, 3.05) is 32.4 Å². The summed E-state index contributed by atoms with van der Waals surface area (Å²) < 4.78 is 26.1. The van der Waals surface area contributed by atoms with Crippen LogP contribution in [0.25, 0.3) is 0 Å². The first-order chi connectivity index (χ1) is 9.04. The molecular formula is C12H22N4O2S. The number of aromatic amines is 1. The summed E-state index contributed by atoms with van der Waals surface area (Å²) in [6.45, 7) is 3.79. The lowest BCUT2D eigenvalue weighted by molar-refractivity contribution is 0.142. The Morgan fingerprint density at radius 3 is 2.89 bits per heavy atom. The number of nitrogens with zero attached hydrogens (tertiary/aromatic N) is 3. The SMILES string of the molecule is CCCCS(=O)(=O)N1CCN(C)[C@H](c2ncc[nH]2)C1. The number of sulfonamides is 1. The minimum Gasteiger partial charge on any atom is -0.347 e. The van der Waals surface area contributed by atoms with E-state index in [2.05, 4.69) is 14.9 Å². The molecule has 0 bridgehead atoms. The van der Waals surface area contributed by atoms with Crippen LogP contribution in [0.4, 0.5) is 0 Å². The molecule has 108 valence electrons. The highest BCUT2D eigenvalue weighted by Crippen LogP contribution is 2.23. The van der Waals surface area contributed by atoms with E-state index in [4.69, 9.17) is 0 Å². The fraction of sp³-hybridized carbons (Fsp3) is 0.750. The third kappa shape index (κ3) is 3.34. The largest absolute Gasteiger partial charge is 0.347 e. The van der Waals surface area contributed by atoms with Gasteiger partial charge in [0.15, 0.2) is 0 Å². The Morgan fingerprint density at radius 2 is 2.26 bits per heavy atom. The van der Waals surface area contributed by atoms with Crippen LogP contribution in [0, 0.1) is 0 Å². The molecule has 2 rings (SSSR count). The lowest BCUT2D eigenvalue weighted by Crippen LogP contribution is -2.49. The van der Waals surface area contributed by atoms with Gasteiger partial charge in [0.1, 0.15) is 5.82 Å². The Bertz CT molecular complexity index is 486. The number of imidazole rings is 1. The maximum absolute atomic E-state index is 12.2. The van der Waals surface area contributed by atoms with Gasteiger partial charge in [-0.05, 0) is 13.5 Å². The first-order valence-electron chi connectivity index (χ1n) is 6.72. The summed E-state index contributed by atoms with van der Waals surface area (Å²) >= 11 is 0. The van der Waals surface area contributed by atoms with Crippen LogP contribution in [-0.4, -0.2) is 60.0 Å². The minimum absolute atomic E-state index is 0.0140. The van der Waals surface area contributed by atoms with Gasteiger partial charge >= 0.3 is 0 Å². The van der Waals surface area contributed by atoms with E-state index in [1.807, 2.05) is 14.0 Å². The molecule has 1 aliphatic rings. The molecular weight excluding hydrogens is 264 g/mol. The molecule has 0 unspecified atom stereocenters. The Kier molecular flexibility index (Phi) is 4.59. The van der Waals surface area contributed by atoms with Crippen molar-refractivity contribution in [2.45, 2.75) is 25.8 Å². The van der Waals surface area contributed by atoms with Crippen LogP contribution < -0.4 is 0 Å². The number of unbranched alkanes of at least 4 members (excludes halogenated alkanes) is 1. The summed E-state index contributed by atoms with van der Waals surface area (Å²) in [5.41, 5.74) is 0. The van der Waals surface area contributed by atoms with Crippen molar-refractivity contribution >= 4 is 10.0 Å². The zero-order valence-corrected chi connectivity index (χ0v) is 12.4. The van der Waals surface area contributed by atoms with E-state index in [0.29, 0.717) is 13.1 Å². The van der Waals surface area contributed by atoms with Gasteiger partial charge in [0.25, 0.3) is 0 Å². The zero-order valence-electron chi connectivity index (χ0n) is 11.5. The fourth-order valence-electron chi connectivity index (χ4n) is 2.31. The summed E-state index contributed by atoms with van der Waals surface area (Å²) in [6.07, 6.45) is 5.09. The normalized spacial score (nSPS) is 22.7. The van der Waals surface area contributed by atoms with Crippen molar-refractivity contribution in [2.24, 2.45) is 0 Å². The van der Waals surface area contributed by atoms with E-state index in [1.54, 1.807) is 16.7 Å². The molecule has 1 aliphatic heterocycles. The lowest BCUT2D eigenvalue weighted by atomic mass is 10.2. The number of likely N-dealkylation sites (N-methyl/N-ethyl adjacent to an activating group) is 1. The standard InChI is InChI=1S/C12H22N4O2S/c1-3-4-9-19(17,18)16-8-7-15(2)11(10-16)12-13-5-6-14-12/h5-6,11H,3-4,7-10H2,1-2H3,(H,13,14)/t11-/m0/s1. The molecule has 1 atom stereocenters. The molecule has 6 nitrogen and oxygen atoms in total. The van der Waals surface area contributed by atoms with Crippen molar-refractivity contribution in [1.82, 2.24) is 19.2 Å². The Balaban J connectivity index is 2.09. The van der Waals surface area contributed by atoms with Crippen LogP contribution >= 0.6 is 0 Å². The third-order valence-electron chi connectivity index (χ3n) is 3.59. The minimum atomic E-state index is -3.13. The predicted octanol–water partition coefficient (Wildman–Crippen LogP) is 0.828. The van der Waals surface area contributed by atoms with Crippen molar-refractivity contribution in [3.63, 3.8) is 0 Å². The average Bonchev–Trinajstić information content (AvgIpc) is 2.90. The molecule has 0 aliphatic carbocycles. The van der Waals surface area contributed by atoms with E-state index in [1.165, 1.54) is 0 Å². The van der Waals surface area contributed by atoms with Crippen molar-refractivity contribution in [3.05, 3.63) is 18.2 Å². The van der Waals surface area contributed by atoms with Gasteiger partial charge in [-0.25, -0.2) is 13.4 Å². The number of H-pyrrole nitrogens is 1. The average molecular weight is 286 g/mol. The maximum Gasteiger partial charge on any atom is 0.214 e. The Labute approximate surface area is 114 Å². The van der Waals surface area contributed by atoms with Gasteiger partial charge in [-0.3, -0.25) is 4.90 Å². The summed E-state index contributed by atoms with van der Waals surface area (Å²) in [5.74, 6) is 1.08. The van der Waals surface area contributed by atoms with E-state index in [0.717, 1.165) is 25.2 Å². The van der Waals surface area contributed by atoms with Crippen LogP contribution in [0.15, 0.2) is 12.4 Å². The summed E-state index contributed by atoms with van der Waals surface area (Å²) in [6, 6.07) is 0.0140. The number of aromatic nitrogens is 2. The van der Waals surface area contributed by atoms with Crippen molar-refractivity contribution < 1.29 is 8.42 Å². The molecule has 0 aromatic carbocycles. The molecule has 19 heavy (non-hydrogen) atoms. The van der Waals surface area contributed by atoms with E-state index >= 15 is 0 Å². The summed E-state index contributed by atoms with van der Waals surface area (Å²) in [4.78, 5) is 9.47. The fourth-order valence-corrected chi connectivity index (χ4v) is 3.95. The Morgan fingerprint density at radius 1 is 1.47 bits per heavy atom. The first kappa shape index (κ1) is 14.5. The second kappa shape index (κ2) is 6.02. The number of rotatable bonds is 5. The monoisotopic (exact) mass is 286 g/mol. The van der Waals surface area contributed by atoms with Gasteiger partial charge in [-0.1, -0.05) is 13.3 Å². The molecule has 0 amide bonds. The van der Waals surface area contributed by atoms with Crippen LogP contribution in [0.1, 0.15) is 31.6 Å². The number of hydrogen-bond acceptors (Lipinski definition) is 4. The number of piperazine rings is 1. The van der Waals surface area contributed by atoms with Crippen molar-refractivity contribution in [1.29, 1.82) is 0 Å². The van der Waals surface area contributed by atoms with Crippen LogP contribution in [0.5, 0.6) is 0 Å². The van der Waals surface area contributed by atoms with Gasteiger partial charge in [0, 0.05) is 32.0 Å². The molecule has 0 saturated carbocycles. The van der Waals surface area contributed by atoms with Gasteiger partial charge in [0.05, 0.1) is 11.8 Å². The van der Waals surface area contributed by atoms with Gasteiger partial charge < -0.3 is 4.98 Å². The van der Waals surface area contributed by atoms with Gasteiger partial charge in [-0.2, -0.15) is 4.31 Å². The van der Waals surface area contributed by atoms with Crippen molar-refractivity contribution in [3.8, 4) is 0 Å². The summed E-state index contributed by atoms with van der Waals surface area (Å²) in [7, 11) is -1.12. The molecule has 7 heteroatoms. The van der Waals surface area contributed by atoms with Crippen LogP contribution in [-0.2, 0) is 10.0 Å². The topological polar surface area (TPSA) is 69.3 Å². The maximum atomic E-state index is 12.2. The number of hydrogen-bond donors (Lipinski definition) is 1. The van der Waals surface area contributed by atoms with Gasteiger partial charge in [0.2, 0.25) is 10.0 Å². The van der Waals surface area contributed by atoms with Gasteiger partial charge in [-0.15, -0.1) is 0 Å². The lowest BCUT2D eigenvalue weighted by Gasteiger charge is -2.37. The number of nitrogens with one attached hydrogen (secondary N) is 1. The smallest absolute Gasteiger partial charge is 0.214 e. The van der Waals surface area contributed by atoms with E-state index < -0.39 is 10.0 Å². The molecule has 0 radical (unpaired) electrons. The highest BCUT2D eigenvalue weighted by Gasteiger charge is 2.33. The van der Waals surface area contributed by atoms with E-state index in [9.17, 15) is 8.42 Å². The second-order valence-electron chi connectivity index (χ2n) is 5.00. The first-order valence-corrected chi connectivity index (χ1v) is 8.33. The molecule has 1 aromatic heterocycles. The highest BCUT2D eigenvalue weighted by molar-refractivity contribution is 7.89. The molecule has 2 heterocycles. The summed E-state index contributed by atoms with van der Waals surface area (Å²) in [5, 5.41) is 0.